The molecule has 1 amide bonds. The van der Waals surface area contributed by atoms with Crippen molar-refractivity contribution in [1.82, 2.24) is 9.80 Å². The highest BCUT2D eigenvalue weighted by Gasteiger charge is 2.24. The Morgan fingerprint density at radius 1 is 1.04 bits per heavy atom. The summed E-state index contributed by atoms with van der Waals surface area (Å²) < 4.78 is 5.72. The number of hydrogen-bond acceptors (Lipinski definition) is 3. The Kier molecular flexibility index (Phi) is 4.99. The molecule has 2 aromatic carbocycles. The molecule has 4 rings (SSSR count). The maximum atomic E-state index is 12.6. The summed E-state index contributed by atoms with van der Waals surface area (Å²) in [5.41, 5.74) is 1.10. The van der Waals surface area contributed by atoms with Gasteiger partial charge >= 0.3 is 0 Å². The molecule has 0 aliphatic carbocycles. The van der Waals surface area contributed by atoms with Gasteiger partial charge in [0.15, 0.2) is 0 Å². The minimum Gasteiger partial charge on any atom is -0.377 e. The first-order valence-electron chi connectivity index (χ1n) is 9.37. The first-order chi connectivity index (χ1) is 12.3. The molecule has 2 fully saturated rings. The molecule has 1 atom stereocenters. The Balaban J connectivity index is 1.30. The molecule has 2 saturated heterocycles. The summed E-state index contributed by atoms with van der Waals surface area (Å²) in [6.07, 6.45) is 3.27. The molecule has 0 bridgehead atoms. The molecular weight excluding hydrogens is 312 g/mol. The predicted molar refractivity (Wildman–Crippen MR) is 99.6 cm³/mol. The largest absolute Gasteiger partial charge is 0.377 e. The van der Waals surface area contributed by atoms with Gasteiger partial charge in [0.1, 0.15) is 0 Å². The number of hydrogen-bond donors (Lipinski definition) is 0. The number of carbonyl (C=O) groups is 1. The van der Waals surface area contributed by atoms with E-state index in [1.807, 2.05) is 17.0 Å². The Labute approximate surface area is 149 Å². The molecule has 132 valence electrons. The summed E-state index contributed by atoms with van der Waals surface area (Å²) in [4.78, 5) is 17.1. The highest BCUT2D eigenvalue weighted by Crippen LogP contribution is 2.17. The van der Waals surface area contributed by atoms with Crippen LogP contribution in [0.1, 0.15) is 18.4 Å². The zero-order valence-corrected chi connectivity index (χ0v) is 14.7. The average Bonchev–Trinajstić information content (AvgIpc) is 3.15. The maximum Gasteiger partial charge on any atom is 0.227 e. The van der Waals surface area contributed by atoms with Crippen molar-refractivity contribution in [2.75, 3.05) is 39.3 Å². The lowest BCUT2D eigenvalue weighted by molar-refractivity contribution is -0.132. The van der Waals surface area contributed by atoms with Gasteiger partial charge in [-0.05, 0) is 29.2 Å². The van der Waals surface area contributed by atoms with Gasteiger partial charge in [0.2, 0.25) is 5.91 Å². The Hall–Kier alpha value is -1.91. The molecular formula is C21H26N2O2. The first kappa shape index (κ1) is 16.6. The van der Waals surface area contributed by atoms with E-state index in [-0.39, 0.29) is 5.91 Å². The lowest BCUT2D eigenvalue weighted by Crippen LogP contribution is -2.50. The van der Waals surface area contributed by atoms with Crippen LogP contribution in [0.2, 0.25) is 0 Å². The van der Waals surface area contributed by atoms with E-state index in [2.05, 4.69) is 35.2 Å². The SMILES string of the molecule is O=C(Cc1ccc2ccccc2c1)N1CCN(C[C@H]2CCCO2)CC1. The van der Waals surface area contributed by atoms with Crippen molar-refractivity contribution >= 4 is 16.7 Å². The molecule has 0 aromatic heterocycles. The third kappa shape index (κ3) is 4.02. The standard InChI is InChI=1S/C21H26N2O2/c24-21(15-17-7-8-18-4-1-2-5-19(18)14-17)23-11-9-22(10-12-23)16-20-6-3-13-25-20/h1-2,4-5,7-8,14,20H,3,6,9-13,15-16H2/t20-/m1/s1. The summed E-state index contributed by atoms with van der Waals surface area (Å²) in [6.45, 7) is 5.52. The number of carbonyl (C=O) groups excluding carboxylic acids is 1. The molecule has 2 aliphatic rings. The molecule has 0 radical (unpaired) electrons. The second-order valence-corrected chi connectivity index (χ2v) is 7.17. The Bertz CT molecular complexity index is 732. The smallest absolute Gasteiger partial charge is 0.227 e. The van der Waals surface area contributed by atoms with Crippen LogP contribution in [0.25, 0.3) is 10.8 Å². The topological polar surface area (TPSA) is 32.8 Å². The minimum absolute atomic E-state index is 0.243. The molecule has 25 heavy (non-hydrogen) atoms. The zero-order valence-electron chi connectivity index (χ0n) is 14.7. The van der Waals surface area contributed by atoms with E-state index in [9.17, 15) is 4.79 Å². The van der Waals surface area contributed by atoms with E-state index >= 15 is 0 Å². The molecule has 0 N–H and O–H groups in total. The third-order valence-corrected chi connectivity index (χ3v) is 5.38. The van der Waals surface area contributed by atoms with Crippen LogP contribution >= 0.6 is 0 Å². The van der Waals surface area contributed by atoms with E-state index in [0.717, 1.165) is 44.9 Å². The molecule has 0 spiro atoms. The number of benzene rings is 2. The van der Waals surface area contributed by atoms with Crippen molar-refractivity contribution in [2.24, 2.45) is 0 Å². The predicted octanol–water partition coefficient (Wildman–Crippen LogP) is 2.71. The molecule has 0 saturated carbocycles. The normalized spacial score (nSPS) is 21.8. The van der Waals surface area contributed by atoms with Crippen molar-refractivity contribution in [3.05, 3.63) is 48.0 Å². The van der Waals surface area contributed by atoms with Gasteiger partial charge in [-0.15, -0.1) is 0 Å². The third-order valence-electron chi connectivity index (χ3n) is 5.38. The van der Waals surface area contributed by atoms with Crippen LogP contribution in [0.5, 0.6) is 0 Å². The lowest BCUT2D eigenvalue weighted by Gasteiger charge is -2.35. The van der Waals surface area contributed by atoms with Crippen molar-refractivity contribution in [3.63, 3.8) is 0 Å². The fourth-order valence-electron chi connectivity index (χ4n) is 3.89. The number of piperazine rings is 1. The quantitative estimate of drug-likeness (QED) is 0.859. The van der Waals surface area contributed by atoms with Crippen LogP contribution in [0, 0.1) is 0 Å². The molecule has 2 aliphatic heterocycles. The van der Waals surface area contributed by atoms with Crippen LogP contribution in [-0.4, -0.2) is 61.1 Å². The van der Waals surface area contributed by atoms with E-state index < -0.39 is 0 Å². The number of rotatable bonds is 4. The van der Waals surface area contributed by atoms with Gasteiger partial charge in [0.05, 0.1) is 12.5 Å². The van der Waals surface area contributed by atoms with Gasteiger partial charge in [-0.25, -0.2) is 0 Å². The zero-order chi connectivity index (χ0) is 17.1. The van der Waals surface area contributed by atoms with Crippen molar-refractivity contribution in [1.29, 1.82) is 0 Å². The fraction of sp³-hybridized carbons (Fsp3) is 0.476. The van der Waals surface area contributed by atoms with Crippen molar-refractivity contribution in [2.45, 2.75) is 25.4 Å². The van der Waals surface area contributed by atoms with Gasteiger partial charge in [-0.2, -0.15) is 0 Å². The van der Waals surface area contributed by atoms with Crippen molar-refractivity contribution < 1.29 is 9.53 Å². The van der Waals surface area contributed by atoms with Crippen molar-refractivity contribution in [3.8, 4) is 0 Å². The van der Waals surface area contributed by atoms with E-state index in [1.54, 1.807) is 0 Å². The van der Waals surface area contributed by atoms with Gasteiger partial charge in [-0.1, -0.05) is 42.5 Å². The summed E-state index contributed by atoms with van der Waals surface area (Å²) in [6, 6.07) is 14.6. The van der Waals surface area contributed by atoms with Crippen LogP contribution in [0.4, 0.5) is 0 Å². The number of ether oxygens (including phenoxy) is 1. The minimum atomic E-state index is 0.243. The number of fused-ring (bicyclic) bond motifs is 1. The highest BCUT2D eigenvalue weighted by molar-refractivity contribution is 5.85. The molecule has 4 heteroatoms. The number of nitrogens with zero attached hydrogens (tertiary/aromatic N) is 2. The summed E-state index contributed by atoms with van der Waals surface area (Å²) in [5, 5.41) is 2.43. The van der Waals surface area contributed by atoms with Gasteiger partial charge in [0, 0.05) is 39.3 Å². The van der Waals surface area contributed by atoms with Crippen LogP contribution in [-0.2, 0) is 16.0 Å². The summed E-state index contributed by atoms with van der Waals surface area (Å²) >= 11 is 0. The Morgan fingerprint density at radius 3 is 2.60 bits per heavy atom. The van der Waals surface area contributed by atoms with E-state index in [1.165, 1.54) is 23.6 Å². The van der Waals surface area contributed by atoms with Crippen LogP contribution < -0.4 is 0 Å². The molecule has 0 unspecified atom stereocenters. The highest BCUT2D eigenvalue weighted by atomic mass is 16.5. The fourth-order valence-corrected chi connectivity index (χ4v) is 3.89. The van der Waals surface area contributed by atoms with Gasteiger partial charge in [-0.3, -0.25) is 9.69 Å². The van der Waals surface area contributed by atoms with Crippen LogP contribution in [0.15, 0.2) is 42.5 Å². The maximum absolute atomic E-state index is 12.6. The summed E-state index contributed by atoms with van der Waals surface area (Å²) in [5.74, 6) is 0.243. The van der Waals surface area contributed by atoms with Gasteiger partial charge < -0.3 is 9.64 Å². The average molecular weight is 338 g/mol. The Morgan fingerprint density at radius 2 is 1.84 bits per heavy atom. The number of amides is 1. The van der Waals surface area contributed by atoms with Gasteiger partial charge in [0.25, 0.3) is 0 Å². The molecule has 2 heterocycles. The summed E-state index contributed by atoms with van der Waals surface area (Å²) in [7, 11) is 0. The first-order valence-corrected chi connectivity index (χ1v) is 9.37. The molecule has 2 aromatic rings. The van der Waals surface area contributed by atoms with Crippen LogP contribution in [0.3, 0.4) is 0 Å². The van der Waals surface area contributed by atoms with E-state index in [0.29, 0.717) is 12.5 Å². The second kappa shape index (κ2) is 7.54. The van der Waals surface area contributed by atoms with E-state index in [4.69, 9.17) is 4.74 Å². The molecule has 4 nitrogen and oxygen atoms in total. The second-order valence-electron chi connectivity index (χ2n) is 7.17. The monoisotopic (exact) mass is 338 g/mol. The lowest BCUT2D eigenvalue weighted by atomic mass is 10.0.